The molecule has 0 rings (SSSR count). The number of hydrogen-bond donors (Lipinski definition) is 0. The van der Waals surface area contributed by atoms with Crippen LogP contribution in [0.15, 0.2) is 0 Å². The van der Waals surface area contributed by atoms with Crippen molar-refractivity contribution in [3.63, 3.8) is 0 Å². The van der Waals surface area contributed by atoms with Crippen molar-refractivity contribution in [2.24, 2.45) is 5.92 Å². The largest absolute Gasteiger partial charge is 0.120 e. The zero-order valence-electron chi connectivity index (χ0n) is 5.48. The van der Waals surface area contributed by atoms with Gasteiger partial charge in [-0.25, -0.2) is 0 Å². The molecule has 0 bridgehead atoms. The van der Waals surface area contributed by atoms with E-state index in [0.29, 0.717) is 5.92 Å². The van der Waals surface area contributed by atoms with E-state index < -0.39 is 0 Å². The van der Waals surface area contributed by atoms with Crippen LogP contribution in [0.3, 0.4) is 0 Å². The predicted molar refractivity (Wildman–Crippen MR) is 37.2 cm³/mol. The van der Waals surface area contributed by atoms with Gasteiger partial charge in [0.25, 0.3) is 0 Å². The Hall–Kier alpha value is -0.440. The Labute approximate surface area is 52.3 Å². The summed E-state index contributed by atoms with van der Waals surface area (Å²) in [6.45, 7) is 5.94. The van der Waals surface area contributed by atoms with E-state index in [1.165, 1.54) is 0 Å². The summed E-state index contributed by atoms with van der Waals surface area (Å²) in [5.74, 6) is 3.31. The molecule has 1 unspecified atom stereocenters. The minimum Gasteiger partial charge on any atom is -0.120 e. The molecule has 0 saturated heterocycles. The van der Waals surface area contributed by atoms with Gasteiger partial charge in [0.15, 0.2) is 0 Å². The van der Waals surface area contributed by atoms with Crippen LogP contribution in [-0.4, -0.2) is 0 Å². The second kappa shape index (κ2) is 4.71. The van der Waals surface area contributed by atoms with E-state index in [-0.39, 0.29) is 0 Å². The molecule has 0 fully saturated rings. The Morgan fingerprint density at radius 1 is 1.75 bits per heavy atom. The molecule has 0 aliphatic carbocycles. The number of rotatable bonds is 3. The molecule has 0 heterocycles. The molecule has 0 amide bonds. The average molecular weight is 109 g/mol. The van der Waals surface area contributed by atoms with E-state index >= 15 is 0 Å². The summed E-state index contributed by atoms with van der Waals surface area (Å²) in [5.41, 5.74) is 0. The molecule has 0 nitrogen and oxygen atoms in total. The Kier molecular flexibility index (Phi) is 4.45. The van der Waals surface area contributed by atoms with E-state index in [1.807, 2.05) is 0 Å². The molecule has 0 aromatic carbocycles. The second-order valence-electron chi connectivity index (χ2n) is 2.14. The van der Waals surface area contributed by atoms with E-state index in [1.54, 1.807) is 0 Å². The van der Waals surface area contributed by atoms with Crippen molar-refractivity contribution in [3.8, 4) is 12.3 Å². The lowest BCUT2D eigenvalue weighted by molar-refractivity contribution is 0.549. The lowest BCUT2D eigenvalue weighted by Gasteiger charge is -2.02. The molecule has 1 atom stereocenters. The summed E-state index contributed by atoms with van der Waals surface area (Å²) < 4.78 is 0. The third-order valence-electron chi connectivity index (χ3n) is 1.27. The van der Waals surface area contributed by atoms with Gasteiger partial charge in [-0.2, -0.15) is 0 Å². The first-order valence-corrected chi connectivity index (χ1v) is 3.04. The van der Waals surface area contributed by atoms with Crippen LogP contribution in [0.25, 0.3) is 0 Å². The van der Waals surface area contributed by atoms with Crippen molar-refractivity contribution in [1.29, 1.82) is 0 Å². The molecule has 0 saturated carbocycles. The first kappa shape index (κ1) is 7.56. The molecule has 0 aliphatic heterocycles. The van der Waals surface area contributed by atoms with Crippen LogP contribution in [0, 0.1) is 25.2 Å². The van der Waals surface area contributed by atoms with Gasteiger partial charge in [-0.1, -0.05) is 20.3 Å². The van der Waals surface area contributed by atoms with Gasteiger partial charge in [0.2, 0.25) is 0 Å². The zero-order chi connectivity index (χ0) is 6.41. The Bertz CT molecular complexity index is 76.5. The van der Waals surface area contributed by atoms with Gasteiger partial charge < -0.3 is 0 Å². The number of hydrogen-bond acceptors (Lipinski definition) is 0. The van der Waals surface area contributed by atoms with Gasteiger partial charge in [-0.3, -0.25) is 0 Å². The van der Waals surface area contributed by atoms with E-state index in [0.717, 1.165) is 19.3 Å². The highest BCUT2D eigenvalue weighted by Crippen LogP contribution is 2.07. The Balaban J connectivity index is 3.01. The molecule has 0 heteroatoms. The van der Waals surface area contributed by atoms with E-state index in [4.69, 9.17) is 6.42 Å². The van der Waals surface area contributed by atoms with E-state index in [9.17, 15) is 0 Å². The second-order valence-corrected chi connectivity index (χ2v) is 2.14. The highest BCUT2D eigenvalue weighted by molar-refractivity contribution is 4.83. The van der Waals surface area contributed by atoms with Gasteiger partial charge >= 0.3 is 0 Å². The van der Waals surface area contributed by atoms with Crippen molar-refractivity contribution in [2.75, 3.05) is 0 Å². The average Bonchev–Trinajstić information content (AvgIpc) is 1.83. The maximum atomic E-state index is 5.06. The third-order valence-corrected chi connectivity index (χ3v) is 1.27. The van der Waals surface area contributed by atoms with Gasteiger partial charge in [-0.05, 0) is 12.3 Å². The van der Waals surface area contributed by atoms with Crippen molar-refractivity contribution >= 4 is 0 Å². The van der Waals surface area contributed by atoms with Gasteiger partial charge in [-0.15, -0.1) is 12.3 Å². The van der Waals surface area contributed by atoms with Gasteiger partial charge in [0.05, 0.1) is 0 Å². The maximum Gasteiger partial charge on any atom is 0.00885 e. The predicted octanol–water partition coefficient (Wildman–Crippen LogP) is 2.26. The maximum absolute atomic E-state index is 5.06. The third kappa shape index (κ3) is 3.74. The van der Waals surface area contributed by atoms with Gasteiger partial charge in [0, 0.05) is 6.42 Å². The molecule has 0 aromatic heterocycles. The van der Waals surface area contributed by atoms with Crippen molar-refractivity contribution in [3.05, 3.63) is 6.92 Å². The molecule has 0 aliphatic rings. The Morgan fingerprint density at radius 2 is 2.38 bits per heavy atom. The summed E-state index contributed by atoms with van der Waals surface area (Å²) in [5, 5.41) is 0. The fourth-order valence-electron chi connectivity index (χ4n) is 0.474. The van der Waals surface area contributed by atoms with Crippen LogP contribution in [0.4, 0.5) is 0 Å². The minimum atomic E-state index is 0.700. The standard InChI is InChI=1S/C8H13/c1-4-6-7-8(3)5-2/h1,8H,2,5-7H2,3H3. The molecule has 1 radical (unpaired) electrons. The first-order valence-electron chi connectivity index (χ1n) is 3.04. The fraction of sp³-hybridized carbons (Fsp3) is 0.625. The Morgan fingerprint density at radius 3 is 2.75 bits per heavy atom. The normalized spacial score (nSPS) is 12.6. The van der Waals surface area contributed by atoms with Crippen LogP contribution in [0.1, 0.15) is 26.2 Å². The van der Waals surface area contributed by atoms with Crippen molar-refractivity contribution < 1.29 is 0 Å². The highest BCUT2D eigenvalue weighted by atomic mass is 14.0. The summed E-state index contributed by atoms with van der Waals surface area (Å²) in [6.07, 6.45) is 8.09. The van der Waals surface area contributed by atoms with Crippen LogP contribution < -0.4 is 0 Å². The zero-order valence-corrected chi connectivity index (χ0v) is 5.48. The van der Waals surface area contributed by atoms with Gasteiger partial charge in [0.1, 0.15) is 0 Å². The molecule has 0 aromatic rings. The van der Waals surface area contributed by atoms with Crippen LogP contribution in [-0.2, 0) is 0 Å². The summed E-state index contributed by atoms with van der Waals surface area (Å²) in [4.78, 5) is 0. The van der Waals surface area contributed by atoms with E-state index in [2.05, 4.69) is 19.8 Å². The van der Waals surface area contributed by atoms with Crippen molar-refractivity contribution in [1.82, 2.24) is 0 Å². The summed E-state index contributed by atoms with van der Waals surface area (Å²) in [7, 11) is 0. The highest BCUT2D eigenvalue weighted by Gasteiger charge is 1.94. The first-order chi connectivity index (χ1) is 3.81. The summed E-state index contributed by atoms with van der Waals surface area (Å²) in [6, 6.07) is 0. The number of terminal acetylenes is 1. The van der Waals surface area contributed by atoms with Crippen molar-refractivity contribution in [2.45, 2.75) is 26.2 Å². The van der Waals surface area contributed by atoms with Crippen LogP contribution >= 0.6 is 0 Å². The smallest absolute Gasteiger partial charge is 0.00885 e. The quantitative estimate of drug-likeness (QED) is 0.488. The molecular formula is C8H13. The molecule has 0 N–H and O–H groups in total. The lowest BCUT2D eigenvalue weighted by Crippen LogP contribution is -1.89. The van der Waals surface area contributed by atoms with Crippen LogP contribution in [0.5, 0.6) is 0 Å². The molecule has 45 valence electrons. The minimum absolute atomic E-state index is 0.700. The molecule has 8 heavy (non-hydrogen) atoms. The SMILES string of the molecule is C#CCCC(C)C[CH2]. The summed E-state index contributed by atoms with van der Waals surface area (Å²) >= 11 is 0. The topological polar surface area (TPSA) is 0 Å². The lowest BCUT2D eigenvalue weighted by atomic mass is 10.0. The fourth-order valence-corrected chi connectivity index (χ4v) is 0.474. The molecular weight excluding hydrogens is 96.1 g/mol. The monoisotopic (exact) mass is 109 g/mol. The molecule has 0 spiro atoms. The van der Waals surface area contributed by atoms with Crippen LogP contribution in [0.2, 0.25) is 0 Å².